The predicted molar refractivity (Wildman–Crippen MR) is 78.2 cm³/mol. The molecule has 3 rings (SSSR count). The van der Waals surface area contributed by atoms with Crippen molar-refractivity contribution in [3.8, 4) is 0 Å². The topological polar surface area (TPSA) is 26.7 Å². The summed E-state index contributed by atoms with van der Waals surface area (Å²) in [5.74, 6) is 0.562. The highest BCUT2D eigenvalue weighted by Gasteiger charge is 2.30. The van der Waals surface area contributed by atoms with Gasteiger partial charge in [-0.05, 0) is 70.6 Å². The van der Waals surface area contributed by atoms with Gasteiger partial charge in [-0.3, -0.25) is 0 Å². The van der Waals surface area contributed by atoms with Gasteiger partial charge in [0.15, 0.2) is 0 Å². The SMILES string of the molecule is OC1CCCC1CN1CCC(N2CCCCC2)CC1. The van der Waals surface area contributed by atoms with E-state index in [0.29, 0.717) is 5.92 Å². The lowest BCUT2D eigenvalue weighted by Gasteiger charge is -2.41. The summed E-state index contributed by atoms with van der Waals surface area (Å²) >= 11 is 0. The minimum atomic E-state index is -0.0141. The van der Waals surface area contributed by atoms with Crippen molar-refractivity contribution in [2.24, 2.45) is 5.92 Å². The Morgan fingerprint density at radius 3 is 2.16 bits per heavy atom. The number of hydrogen-bond acceptors (Lipinski definition) is 3. The van der Waals surface area contributed by atoms with Crippen molar-refractivity contribution >= 4 is 0 Å². The molecule has 0 amide bonds. The Kier molecular flexibility index (Phi) is 4.78. The highest BCUT2D eigenvalue weighted by Crippen LogP contribution is 2.28. The normalized spacial score (nSPS) is 35.8. The lowest BCUT2D eigenvalue weighted by Crippen LogP contribution is -2.47. The summed E-state index contributed by atoms with van der Waals surface area (Å²) in [6, 6.07) is 0.852. The maximum atomic E-state index is 9.94. The molecular formula is C16H30N2O. The van der Waals surface area contributed by atoms with E-state index in [2.05, 4.69) is 9.80 Å². The van der Waals surface area contributed by atoms with Gasteiger partial charge in [-0.25, -0.2) is 0 Å². The first kappa shape index (κ1) is 13.8. The third kappa shape index (κ3) is 3.50. The molecule has 0 aromatic rings. The fraction of sp³-hybridized carbons (Fsp3) is 1.00. The summed E-state index contributed by atoms with van der Waals surface area (Å²) in [4.78, 5) is 5.35. The quantitative estimate of drug-likeness (QED) is 0.847. The number of likely N-dealkylation sites (tertiary alicyclic amines) is 2. The molecule has 3 heteroatoms. The zero-order valence-electron chi connectivity index (χ0n) is 12.3. The standard InChI is InChI=1S/C16H30N2O/c19-16-6-4-5-14(16)13-17-11-7-15(8-12-17)18-9-2-1-3-10-18/h14-16,19H,1-13H2. The van der Waals surface area contributed by atoms with Gasteiger partial charge in [0.2, 0.25) is 0 Å². The van der Waals surface area contributed by atoms with Crippen LogP contribution in [-0.4, -0.2) is 59.8 Å². The summed E-state index contributed by atoms with van der Waals surface area (Å²) < 4.78 is 0. The van der Waals surface area contributed by atoms with Gasteiger partial charge in [0.05, 0.1) is 6.10 Å². The average Bonchev–Trinajstić information content (AvgIpc) is 2.86. The molecule has 2 aliphatic heterocycles. The molecule has 3 nitrogen and oxygen atoms in total. The Bertz CT molecular complexity index is 270. The molecule has 3 aliphatic rings. The number of hydrogen-bond donors (Lipinski definition) is 1. The second-order valence-corrected chi connectivity index (χ2v) is 6.89. The third-order valence-corrected chi connectivity index (χ3v) is 5.58. The van der Waals surface area contributed by atoms with Crippen LogP contribution in [0.3, 0.4) is 0 Å². The summed E-state index contributed by atoms with van der Waals surface area (Å²) in [5, 5.41) is 9.94. The molecule has 0 bridgehead atoms. The second kappa shape index (κ2) is 6.55. The fourth-order valence-electron chi connectivity index (χ4n) is 4.31. The van der Waals surface area contributed by atoms with E-state index in [0.717, 1.165) is 19.0 Å². The summed E-state index contributed by atoms with van der Waals surface area (Å²) in [6.07, 6.45) is 10.5. The Balaban J connectivity index is 1.41. The van der Waals surface area contributed by atoms with E-state index < -0.39 is 0 Å². The van der Waals surface area contributed by atoms with E-state index in [9.17, 15) is 5.11 Å². The Morgan fingerprint density at radius 2 is 1.53 bits per heavy atom. The van der Waals surface area contributed by atoms with Crippen molar-refractivity contribution in [2.75, 3.05) is 32.7 Å². The first-order chi connectivity index (χ1) is 9.33. The minimum absolute atomic E-state index is 0.0141. The van der Waals surface area contributed by atoms with E-state index in [1.165, 1.54) is 71.1 Å². The van der Waals surface area contributed by atoms with E-state index in [1.807, 2.05) is 0 Å². The van der Waals surface area contributed by atoms with Gasteiger partial charge in [-0.15, -0.1) is 0 Å². The molecule has 3 fully saturated rings. The van der Waals surface area contributed by atoms with Crippen molar-refractivity contribution in [3.05, 3.63) is 0 Å². The average molecular weight is 266 g/mol. The van der Waals surface area contributed by atoms with Gasteiger partial charge in [-0.2, -0.15) is 0 Å². The Morgan fingerprint density at radius 1 is 0.789 bits per heavy atom. The predicted octanol–water partition coefficient (Wildman–Crippen LogP) is 2.10. The summed E-state index contributed by atoms with van der Waals surface area (Å²) in [6.45, 7) is 6.33. The van der Waals surface area contributed by atoms with Gasteiger partial charge in [0, 0.05) is 12.6 Å². The number of rotatable bonds is 3. The lowest BCUT2D eigenvalue weighted by atomic mass is 9.98. The highest BCUT2D eigenvalue weighted by molar-refractivity contribution is 4.85. The molecule has 1 saturated carbocycles. The highest BCUT2D eigenvalue weighted by atomic mass is 16.3. The molecule has 0 aromatic heterocycles. The first-order valence-corrected chi connectivity index (χ1v) is 8.47. The smallest absolute Gasteiger partial charge is 0.0580 e. The number of nitrogens with zero attached hydrogens (tertiary/aromatic N) is 2. The molecule has 2 saturated heterocycles. The first-order valence-electron chi connectivity index (χ1n) is 8.47. The Labute approximate surface area is 118 Å². The lowest BCUT2D eigenvalue weighted by molar-refractivity contribution is 0.0627. The van der Waals surface area contributed by atoms with Crippen LogP contribution in [0.1, 0.15) is 51.4 Å². The zero-order valence-corrected chi connectivity index (χ0v) is 12.3. The molecule has 0 spiro atoms. The zero-order chi connectivity index (χ0) is 13.1. The molecule has 1 aliphatic carbocycles. The van der Waals surface area contributed by atoms with Crippen molar-refractivity contribution in [1.29, 1.82) is 0 Å². The van der Waals surface area contributed by atoms with Gasteiger partial charge >= 0.3 is 0 Å². The molecule has 2 atom stereocenters. The van der Waals surface area contributed by atoms with Gasteiger partial charge in [0.1, 0.15) is 0 Å². The van der Waals surface area contributed by atoms with Crippen molar-refractivity contribution < 1.29 is 5.11 Å². The maximum Gasteiger partial charge on any atom is 0.0580 e. The van der Waals surface area contributed by atoms with Gasteiger partial charge in [0.25, 0.3) is 0 Å². The molecule has 19 heavy (non-hydrogen) atoms. The molecule has 0 radical (unpaired) electrons. The minimum Gasteiger partial charge on any atom is -0.393 e. The molecule has 0 aromatic carbocycles. The van der Waals surface area contributed by atoms with E-state index in [4.69, 9.17) is 0 Å². The monoisotopic (exact) mass is 266 g/mol. The van der Waals surface area contributed by atoms with E-state index in [1.54, 1.807) is 0 Å². The van der Waals surface area contributed by atoms with Crippen LogP contribution in [0.15, 0.2) is 0 Å². The van der Waals surface area contributed by atoms with Crippen LogP contribution in [0.2, 0.25) is 0 Å². The van der Waals surface area contributed by atoms with Crippen molar-refractivity contribution in [2.45, 2.75) is 63.5 Å². The largest absolute Gasteiger partial charge is 0.393 e. The maximum absolute atomic E-state index is 9.94. The summed E-state index contributed by atoms with van der Waals surface area (Å²) in [7, 11) is 0. The van der Waals surface area contributed by atoms with Gasteiger partial charge < -0.3 is 14.9 Å². The Hall–Kier alpha value is -0.120. The third-order valence-electron chi connectivity index (χ3n) is 5.58. The van der Waals surface area contributed by atoms with Crippen molar-refractivity contribution in [1.82, 2.24) is 9.80 Å². The van der Waals surface area contributed by atoms with Crippen LogP contribution in [-0.2, 0) is 0 Å². The molecular weight excluding hydrogens is 236 g/mol. The number of piperidine rings is 2. The van der Waals surface area contributed by atoms with Crippen molar-refractivity contribution in [3.63, 3.8) is 0 Å². The molecule has 2 heterocycles. The van der Waals surface area contributed by atoms with Crippen LogP contribution in [0.5, 0.6) is 0 Å². The van der Waals surface area contributed by atoms with Crippen LogP contribution >= 0.6 is 0 Å². The second-order valence-electron chi connectivity index (χ2n) is 6.89. The summed E-state index contributed by atoms with van der Waals surface area (Å²) in [5.41, 5.74) is 0. The van der Waals surface area contributed by atoms with Crippen LogP contribution < -0.4 is 0 Å². The molecule has 1 N–H and O–H groups in total. The van der Waals surface area contributed by atoms with Crippen LogP contribution in [0, 0.1) is 5.92 Å². The van der Waals surface area contributed by atoms with E-state index >= 15 is 0 Å². The number of aliphatic hydroxyl groups is 1. The molecule has 2 unspecified atom stereocenters. The molecule has 110 valence electrons. The van der Waals surface area contributed by atoms with Gasteiger partial charge in [-0.1, -0.05) is 12.8 Å². The fourth-order valence-corrected chi connectivity index (χ4v) is 4.31. The van der Waals surface area contributed by atoms with Crippen LogP contribution in [0.4, 0.5) is 0 Å². The van der Waals surface area contributed by atoms with E-state index in [-0.39, 0.29) is 6.10 Å². The number of aliphatic hydroxyl groups excluding tert-OH is 1. The van der Waals surface area contributed by atoms with Crippen LogP contribution in [0.25, 0.3) is 0 Å².